The second-order valence-corrected chi connectivity index (χ2v) is 10.3. The second kappa shape index (κ2) is 8.91. The van der Waals surface area contributed by atoms with Crippen LogP contribution >= 0.6 is 0 Å². The van der Waals surface area contributed by atoms with E-state index in [1.54, 1.807) is 40.1 Å². The molecule has 194 valence electrons. The first kappa shape index (κ1) is 24.8. The van der Waals surface area contributed by atoms with Gasteiger partial charge >= 0.3 is 6.09 Å². The van der Waals surface area contributed by atoms with E-state index in [0.29, 0.717) is 16.8 Å². The van der Waals surface area contributed by atoms with Crippen LogP contribution in [0.3, 0.4) is 0 Å². The summed E-state index contributed by atoms with van der Waals surface area (Å²) in [5.74, 6) is -1.38. The third kappa shape index (κ3) is 4.66. The summed E-state index contributed by atoms with van der Waals surface area (Å²) in [4.78, 5) is 35.7. The quantitative estimate of drug-likeness (QED) is 0.439. The van der Waals surface area contributed by atoms with Crippen LogP contribution in [0.5, 0.6) is 0 Å². The van der Waals surface area contributed by atoms with Gasteiger partial charge in [-0.15, -0.1) is 0 Å². The fourth-order valence-electron chi connectivity index (χ4n) is 4.64. The average Bonchev–Trinajstić information content (AvgIpc) is 3.19. The van der Waals surface area contributed by atoms with Crippen LogP contribution in [-0.2, 0) is 4.74 Å². The molecule has 4 heterocycles. The van der Waals surface area contributed by atoms with Crippen LogP contribution in [0.2, 0.25) is 0 Å². The smallest absolute Gasteiger partial charge is 0.410 e. The number of aliphatic hydroxyl groups is 1. The zero-order valence-electron chi connectivity index (χ0n) is 20.9. The molecule has 2 atom stereocenters. The van der Waals surface area contributed by atoms with Gasteiger partial charge in [-0.1, -0.05) is 0 Å². The molecule has 0 radical (unpaired) electrons. The Balaban J connectivity index is 1.52. The molecule has 1 aliphatic rings. The van der Waals surface area contributed by atoms with Crippen molar-refractivity contribution in [2.24, 2.45) is 0 Å². The highest BCUT2D eigenvalue weighted by atomic mass is 19.1. The van der Waals surface area contributed by atoms with Gasteiger partial charge in [0, 0.05) is 31.0 Å². The number of carbonyl (C=O) groups excluding carboxylic acids is 1. The number of benzene rings is 1. The number of pyridine rings is 1. The van der Waals surface area contributed by atoms with Gasteiger partial charge in [-0.25, -0.2) is 23.5 Å². The van der Waals surface area contributed by atoms with Gasteiger partial charge in [-0.3, -0.25) is 9.36 Å². The zero-order valence-corrected chi connectivity index (χ0v) is 20.9. The molecule has 1 aliphatic heterocycles. The molecule has 1 amide bonds. The van der Waals surface area contributed by atoms with Gasteiger partial charge in [0.25, 0.3) is 5.56 Å². The van der Waals surface area contributed by atoms with Gasteiger partial charge in [0.05, 0.1) is 29.7 Å². The fourth-order valence-corrected chi connectivity index (χ4v) is 4.64. The van der Waals surface area contributed by atoms with Crippen molar-refractivity contribution in [3.63, 3.8) is 0 Å². The highest BCUT2D eigenvalue weighted by Crippen LogP contribution is 2.28. The lowest BCUT2D eigenvalue weighted by atomic mass is 10.0. The summed E-state index contributed by atoms with van der Waals surface area (Å²) in [6.45, 7) is 7.26. The number of imidazole rings is 1. The normalized spacial score (nSPS) is 18.5. The summed E-state index contributed by atoms with van der Waals surface area (Å²) in [6.07, 6.45) is 3.25. The number of aromatic nitrogens is 4. The van der Waals surface area contributed by atoms with Crippen molar-refractivity contribution in [2.75, 3.05) is 13.1 Å². The minimum absolute atomic E-state index is 0.00644. The number of nitrogens with zero attached hydrogens (tertiary/aromatic N) is 5. The number of carbonyl (C=O) groups is 1. The van der Waals surface area contributed by atoms with Crippen LogP contribution in [0.25, 0.3) is 27.7 Å². The molecule has 3 aromatic heterocycles. The highest BCUT2D eigenvalue weighted by Gasteiger charge is 2.34. The van der Waals surface area contributed by atoms with Gasteiger partial charge in [0.2, 0.25) is 0 Å². The Bertz CT molecular complexity index is 1590. The van der Waals surface area contributed by atoms with E-state index < -0.39 is 41.0 Å². The van der Waals surface area contributed by atoms with Crippen molar-refractivity contribution in [1.29, 1.82) is 0 Å². The Morgan fingerprint density at radius 3 is 2.59 bits per heavy atom. The summed E-state index contributed by atoms with van der Waals surface area (Å²) in [5.41, 5.74) is 0.243. The average molecular weight is 512 g/mol. The molecule has 0 unspecified atom stereocenters. The summed E-state index contributed by atoms with van der Waals surface area (Å²) < 4.78 is 38.0. The number of piperidine rings is 1. The van der Waals surface area contributed by atoms with Crippen molar-refractivity contribution < 1.29 is 23.4 Å². The summed E-state index contributed by atoms with van der Waals surface area (Å²) in [6, 6.07) is 3.10. The molecule has 1 aromatic carbocycles. The molecule has 5 rings (SSSR count). The number of likely N-dealkylation sites (tertiary alicyclic amines) is 1. The Morgan fingerprint density at radius 2 is 1.86 bits per heavy atom. The lowest BCUT2D eigenvalue weighted by Crippen LogP contribution is -2.50. The van der Waals surface area contributed by atoms with Gasteiger partial charge in [-0.2, -0.15) is 0 Å². The van der Waals surface area contributed by atoms with Crippen molar-refractivity contribution in [2.45, 2.75) is 51.9 Å². The van der Waals surface area contributed by atoms with Crippen LogP contribution in [0.4, 0.5) is 13.6 Å². The van der Waals surface area contributed by atoms with E-state index in [0.717, 1.165) is 10.6 Å². The molecular weight excluding hydrogens is 484 g/mol. The van der Waals surface area contributed by atoms with Crippen molar-refractivity contribution >= 4 is 22.6 Å². The molecule has 1 fully saturated rings. The molecule has 37 heavy (non-hydrogen) atoms. The molecule has 0 saturated carbocycles. The van der Waals surface area contributed by atoms with Gasteiger partial charge in [0.1, 0.15) is 16.8 Å². The predicted molar refractivity (Wildman–Crippen MR) is 132 cm³/mol. The van der Waals surface area contributed by atoms with Crippen LogP contribution in [0, 0.1) is 18.6 Å². The molecular formula is C26H27F2N5O4. The summed E-state index contributed by atoms with van der Waals surface area (Å²) >= 11 is 0. The summed E-state index contributed by atoms with van der Waals surface area (Å²) in [7, 11) is 0. The van der Waals surface area contributed by atoms with E-state index in [4.69, 9.17) is 4.74 Å². The SMILES string of the molecule is Cc1cn2cc(-c3cc(F)c4c(=O)n([C@H]5CN(C(=O)OC(C)(C)C)CC[C@@H]5O)cnc4c3)cc(F)c2n1. The maximum atomic E-state index is 15.3. The maximum absolute atomic E-state index is 15.3. The number of aliphatic hydroxyl groups excluding tert-OH is 1. The zero-order chi connectivity index (χ0) is 26.6. The molecule has 1 N–H and O–H groups in total. The number of halogens is 2. The molecule has 11 heteroatoms. The molecule has 0 bridgehead atoms. The first-order valence-corrected chi connectivity index (χ1v) is 11.9. The van der Waals surface area contributed by atoms with Crippen LogP contribution in [-0.4, -0.2) is 59.8 Å². The molecule has 0 aliphatic carbocycles. The number of aryl methyl sites for hydroxylation is 1. The third-order valence-electron chi connectivity index (χ3n) is 6.35. The van der Waals surface area contributed by atoms with Crippen molar-refractivity contribution in [3.8, 4) is 11.1 Å². The van der Waals surface area contributed by atoms with E-state index in [9.17, 15) is 19.1 Å². The van der Waals surface area contributed by atoms with Gasteiger partial charge in [0.15, 0.2) is 11.5 Å². The minimum Gasteiger partial charge on any atom is -0.444 e. The Morgan fingerprint density at radius 1 is 1.14 bits per heavy atom. The van der Waals surface area contributed by atoms with E-state index in [1.807, 2.05) is 0 Å². The number of ether oxygens (including phenoxy) is 1. The van der Waals surface area contributed by atoms with Crippen LogP contribution in [0.1, 0.15) is 38.9 Å². The highest BCUT2D eigenvalue weighted by molar-refractivity contribution is 5.84. The van der Waals surface area contributed by atoms with Crippen molar-refractivity contribution in [1.82, 2.24) is 23.8 Å². The number of fused-ring (bicyclic) bond motifs is 2. The maximum Gasteiger partial charge on any atom is 0.410 e. The molecule has 9 nitrogen and oxygen atoms in total. The molecule has 4 aromatic rings. The second-order valence-electron chi connectivity index (χ2n) is 10.3. The van der Waals surface area contributed by atoms with Crippen LogP contribution < -0.4 is 5.56 Å². The Hall–Kier alpha value is -3.86. The van der Waals surface area contributed by atoms with Crippen LogP contribution in [0.15, 0.2) is 41.7 Å². The topological polar surface area (TPSA) is 102 Å². The van der Waals surface area contributed by atoms with E-state index in [-0.39, 0.29) is 36.1 Å². The fraction of sp³-hybridized carbons (Fsp3) is 0.385. The lowest BCUT2D eigenvalue weighted by Gasteiger charge is -2.37. The Kier molecular flexibility index (Phi) is 5.98. The monoisotopic (exact) mass is 511 g/mol. The van der Waals surface area contributed by atoms with Gasteiger partial charge < -0.3 is 19.1 Å². The molecule has 0 spiro atoms. The lowest BCUT2D eigenvalue weighted by molar-refractivity contribution is -0.00611. The molecule has 1 saturated heterocycles. The van der Waals surface area contributed by atoms with Crippen molar-refractivity contribution in [3.05, 3.63) is 64.6 Å². The number of amides is 1. The largest absolute Gasteiger partial charge is 0.444 e. The minimum atomic E-state index is -0.939. The third-order valence-corrected chi connectivity index (χ3v) is 6.35. The van der Waals surface area contributed by atoms with E-state index in [2.05, 4.69) is 9.97 Å². The number of hydrogen-bond acceptors (Lipinski definition) is 6. The van der Waals surface area contributed by atoms with E-state index in [1.165, 1.54) is 27.8 Å². The predicted octanol–water partition coefficient (Wildman–Crippen LogP) is 3.84. The standard InChI is InChI=1S/C26H27F2N5O4/c1-14-10-32-11-16(8-18(28)23(32)30-14)15-7-17(27)22-19(9-15)29-13-33(24(22)35)20-12-31(6-5-21(20)34)25(36)37-26(2,3)4/h7-11,13,20-21,34H,5-6,12H2,1-4H3/t20-,21-/m0/s1. The van der Waals surface area contributed by atoms with E-state index >= 15 is 4.39 Å². The summed E-state index contributed by atoms with van der Waals surface area (Å²) in [5, 5.41) is 10.4. The van der Waals surface area contributed by atoms with Gasteiger partial charge in [-0.05, 0) is 57.9 Å². The first-order chi connectivity index (χ1) is 17.4. The number of rotatable bonds is 2. The first-order valence-electron chi connectivity index (χ1n) is 11.9. The number of hydrogen-bond donors (Lipinski definition) is 1. The Labute approximate surface area is 210 Å².